The number of rotatable bonds is 2. The summed E-state index contributed by atoms with van der Waals surface area (Å²) in [6.45, 7) is 10.3. The molecule has 0 aliphatic rings. The second-order valence-corrected chi connectivity index (χ2v) is 3.32. The molecule has 0 aliphatic heterocycles. The van der Waals surface area contributed by atoms with Crippen molar-refractivity contribution in [2.24, 2.45) is 0 Å². The first-order chi connectivity index (χ1) is 6.15. The van der Waals surface area contributed by atoms with Gasteiger partial charge in [-0.2, -0.15) is 0 Å². The highest BCUT2D eigenvalue weighted by Gasteiger charge is 1.98. The highest BCUT2D eigenvalue weighted by Crippen LogP contribution is 2.20. The van der Waals surface area contributed by atoms with Gasteiger partial charge in [0.1, 0.15) is 0 Å². The van der Waals surface area contributed by atoms with Crippen LogP contribution in [0.2, 0.25) is 0 Å². The lowest BCUT2D eigenvalue weighted by Gasteiger charge is -2.05. The first-order valence-corrected chi connectivity index (χ1v) is 4.54. The first-order valence-electron chi connectivity index (χ1n) is 4.54. The molecule has 0 aromatic heterocycles. The Bertz CT molecular complexity index is 326. The average Bonchev–Trinajstić information content (AvgIpc) is 2.17. The third-order valence-corrected chi connectivity index (χ3v) is 2.31. The van der Waals surface area contributed by atoms with E-state index < -0.39 is 0 Å². The molecule has 0 aliphatic carbocycles. The van der Waals surface area contributed by atoms with E-state index in [-0.39, 0.29) is 0 Å². The summed E-state index contributed by atoms with van der Waals surface area (Å²) in [6.07, 6.45) is 2.09. The molecule has 0 spiro atoms. The van der Waals surface area contributed by atoms with Gasteiger partial charge in [0, 0.05) is 0 Å². The molecule has 1 aromatic carbocycles. The van der Waals surface area contributed by atoms with Crippen LogP contribution in [0.1, 0.15) is 25.0 Å². The summed E-state index contributed by atoms with van der Waals surface area (Å²) in [4.78, 5) is 0. The van der Waals surface area contributed by atoms with E-state index in [2.05, 4.69) is 50.8 Å². The van der Waals surface area contributed by atoms with Crippen molar-refractivity contribution in [2.45, 2.75) is 20.8 Å². The van der Waals surface area contributed by atoms with Crippen LogP contribution in [0.15, 0.2) is 42.5 Å². The van der Waals surface area contributed by atoms with Crippen LogP contribution in [-0.4, -0.2) is 0 Å². The first kappa shape index (κ1) is 9.79. The maximum absolute atomic E-state index is 4.06. The smallest absolute Gasteiger partial charge is 0.0187 e. The molecule has 0 atom stereocenters. The molecule has 0 fully saturated rings. The molecule has 13 heavy (non-hydrogen) atoms. The van der Waals surface area contributed by atoms with Crippen LogP contribution in [0.4, 0.5) is 0 Å². The van der Waals surface area contributed by atoms with Crippen molar-refractivity contribution >= 4 is 5.57 Å². The van der Waals surface area contributed by atoms with Crippen molar-refractivity contribution in [1.82, 2.24) is 0 Å². The summed E-state index contributed by atoms with van der Waals surface area (Å²) in [7, 11) is 0. The van der Waals surface area contributed by atoms with E-state index in [1.807, 2.05) is 6.92 Å². The number of hydrogen-bond donors (Lipinski definition) is 0. The minimum atomic E-state index is 1.11. The van der Waals surface area contributed by atoms with Crippen LogP contribution in [0.5, 0.6) is 0 Å². The van der Waals surface area contributed by atoms with Crippen LogP contribution in [0, 0.1) is 6.92 Å². The standard InChI is InChI=1S/C13H16/c1-5-11(3)12(4)13-8-6-10(2)7-9-13/h5-9H,4H2,1-3H3/b11-5+. The maximum Gasteiger partial charge on any atom is -0.0187 e. The van der Waals surface area contributed by atoms with Gasteiger partial charge >= 0.3 is 0 Å². The molecule has 0 saturated heterocycles. The van der Waals surface area contributed by atoms with Crippen LogP contribution in [-0.2, 0) is 0 Å². The average molecular weight is 172 g/mol. The summed E-state index contributed by atoms with van der Waals surface area (Å²) < 4.78 is 0. The van der Waals surface area contributed by atoms with Crippen LogP contribution in [0.3, 0.4) is 0 Å². The third-order valence-electron chi connectivity index (χ3n) is 2.31. The predicted molar refractivity (Wildman–Crippen MR) is 59.6 cm³/mol. The van der Waals surface area contributed by atoms with Gasteiger partial charge in [0.15, 0.2) is 0 Å². The quantitative estimate of drug-likeness (QED) is 0.592. The molecule has 0 radical (unpaired) electrons. The molecule has 0 bridgehead atoms. The van der Waals surface area contributed by atoms with E-state index in [0.29, 0.717) is 0 Å². The minimum Gasteiger partial charge on any atom is -0.0909 e. The van der Waals surface area contributed by atoms with E-state index >= 15 is 0 Å². The number of benzene rings is 1. The van der Waals surface area contributed by atoms with Gasteiger partial charge in [0.05, 0.1) is 0 Å². The Hall–Kier alpha value is -1.30. The molecule has 1 aromatic rings. The van der Waals surface area contributed by atoms with Crippen molar-refractivity contribution in [3.63, 3.8) is 0 Å². The van der Waals surface area contributed by atoms with Gasteiger partial charge in [-0.3, -0.25) is 0 Å². The summed E-state index contributed by atoms with van der Waals surface area (Å²) >= 11 is 0. The number of allylic oxidation sites excluding steroid dienone is 3. The van der Waals surface area contributed by atoms with Crippen molar-refractivity contribution in [2.75, 3.05) is 0 Å². The van der Waals surface area contributed by atoms with Gasteiger partial charge < -0.3 is 0 Å². The molecule has 0 N–H and O–H groups in total. The highest BCUT2D eigenvalue weighted by atomic mass is 14.0. The summed E-state index contributed by atoms with van der Waals surface area (Å²) in [6, 6.07) is 8.46. The molecule has 0 nitrogen and oxygen atoms in total. The van der Waals surface area contributed by atoms with Crippen LogP contribution >= 0.6 is 0 Å². The largest absolute Gasteiger partial charge is 0.0909 e. The summed E-state index contributed by atoms with van der Waals surface area (Å²) in [5.74, 6) is 0. The number of hydrogen-bond acceptors (Lipinski definition) is 0. The van der Waals surface area contributed by atoms with Gasteiger partial charge in [0.2, 0.25) is 0 Å². The Morgan fingerprint density at radius 1 is 1.23 bits per heavy atom. The van der Waals surface area contributed by atoms with Crippen molar-refractivity contribution < 1.29 is 0 Å². The fourth-order valence-electron chi connectivity index (χ4n) is 1.16. The van der Waals surface area contributed by atoms with Crippen molar-refractivity contribution in [3.8, 4) is 0 Å². The van der Waals surface area contributed by atoms with Gasteiger partial charge in [-0.15, -0.1) is 0 Å². The van der Waals surface area contributed by atoms with Crippen LogP contribution in [0.25, 0.3) is 5.57 Å². The normalized spacial score (nSPS) is 11.5. The lowest BCUT2D eigenvalue weighted by Crippen LogP contribution is -1.84. The summed E-state index contributed by atoms with van der Waals surface area (Å²) in [5.41, 5.74) is 4.85. The molecule has 0 saturated carbocycles. The highest BCUT2D eigenvalue weighted by molar-refractivity contribution is 5.76. The molecule has 0 amide bonds. The Morgan fingerprint density at radius 2 is 1.77 bits per heavy atom. The lowest BCUT2D eigenvalue weighted by molar-refractivity contribution is 1.42. The minimum absolute atomic E-state index is 1.11. The fraction of sp³-hybridized carbons (Fsp3) is 0.231. The second-order valence-electron chi connectivity index (χ2n) is 3.32. The van der Waals surface area contributed by atoms with E-state index in [0.717, 1.165) is 5.57 Å². The zero-order valence-electron chi connectivity index (χ0n) is 8.59. The molecular weight excluding hydrogens is 156 g/mol. The zero-order valence-corrected chi connectivity index (χ0v) is 8.59. The maximum atomic E-state index is 4.06. The third kappa shape index (κ3) is 2.32. The van der Waals surface area contributed by atoms with E-state index in [1.165, 1.54) is 16.7 Å². The van der Waals surface area contributed by atoms with Gasteiger partial charge in [-0.25, -0.2) is 0 Å². The second kappa shape index (κ2) is 4.08. The Morgan fingerprint density at radius 3 is 2.23 bits per heavy atom. The summed E-state index contributed by atoms with van der Waals surface area (Å²) in [5, 5.41) is 0. The fourth-order valence-corrected chi connectivity index (χ4v) is 1.16. The van der Waals surface area contributed by atoms with Gasteiger partial charge in [0.25, 0.3) is 0 Å². The van der Waals surface area contributed by atoms with Crippen LogP contribution < -0.4 is 0 Å². The van der Waals surface area contributed by atoms with E-state index in [4.69, 9.17) is 0 Å². The lowest BCUT2D eigenvalue weighted by atomic mass is 10.00. The molecular formula is C13H16. The monoisotopic (exact) mass is 172 g/mol. The topological polar surface area (TPSA) is 0 Å². The molecule has 0 heterocycles. The molecule has 1 rings (SSSR count). The molecule has 0 unspecified atom stereocenters. The van der Waals surface area contributed by atoms with Gasteiger partial charge in [-0.05, 0) is 37.5 Å². The Kier molecular flexibility index (Phi) is 3.07. The van der Waals surface area contributed by atoms with E-state index in [9.17, 15) is 0 Å². The van der Waals surface area contributed by atoms with Crippen molar-refractivity contribution in [3.05, 3.63) is 53.6 Å². The Balaban J connectivity index is 2.97. The molecule has 0 heteroatoms. The zero-order chi connectivity index (χ0) is 9.84. The van der Waals surface area contributed by atoms with Gasteiger partial charge in [-0.1, -0.05) is 42.5 Å². The predicted octanol–water partition coefficient (Wildman–Crippen LogP) is 3.97. The number of aryl methyl sites for hydroxylation is 1. The van der Waals surface area contributed by atoms with E-state index in [1.54, 1.807) is 0 Å². The molecule has 68 valence electrons. The van der Waals surface area contributed by atoms with Crippen molar-refractivity contribution in [1.29, 1.82) is 0 Å². The Labute approximate surface area is 80.6 Å². The SMILES string of the molecule is C=C(/C(C)=C/C)c1ccc(C)cc1.